The van der Waals surface area contributed by atoms with E-state index in [1.165, 1.54) is 36.8 Å². The van der Waals surface area contributed by atoms with E-state index < -0.39 is 0 Å². The second kappa shape index (κ2) is 7.50. The maximum absolute atomic E-state index is 3.45. The van der Waals surface area contributed by atoms with Gasteiger partial charge in [-0.3, -0.25) is 0 Å². The van der Waals surface area contributed by atoms with Crippen molar-refractivity contribution in [2.45, 2.75) is 52.5 Å². The van der Waals surface area contributed by atoms with Gasteiger partial charge in [-0.25, -0.2) is 0 Å². The number of benzene rings is 1. The molecule has 1 aromatic carbocycles. The van der Waals surface area contributed by atoms with Gasteiger partial charge in [-0.2, -0.15) is 0 Å². The molecule has 1 aromatic rings. The molecule has 2 atom stereocenters. The number of aryl methyl sites for hydroxylation is 1. The average molecular weight is 233 g/mol. The molecule has 1 nitrogen and oxygen atoms in total. The van der Waals surface area contributed by atoms with Crippen LogP contribution in [0.2, 0.25) is 0 Å². The number of hydrogen-bond donors (Lipinski definition) is 1. The first-order valence-electron chi connectivity index (χ1n) is 6.97. The molecular weight excluding hydrogens is 206 g/mol. The van der Waals surface area contributed by atoms with E-state index >= 15 is 0 Å². The van der Waals surface area contributed by atoms with Gasteiger partial charge in [-0.1, -0.05) is 57.9 Å². The summed E-state index contributed by atoms with van der Waals surface area (Å²) in [4.78, 5) is 0. The molecule has 1 rings (SSSR count). The molecule has 0 aromatic heterocycles. The highest BCUT2D eigenvalue weighted by Gasteiger charge is 2.12. The highest BCUT2D eigenvalue weighted by atomic mass is 14.9. The first kappa shape index (κ1) is 14.2. The van der Waals surface area contributed by atoms with Crippen molar-refractivity contribution in [2.75, 3.05) is 7.05 Å². The quantitative estimate of drug-likeness (QED) is 0.739. The average Bonchev–Trinajstić information content (AvgIpc) is 2.36. The first-order chi connectivity index (χ1) is 8.21. The van der Waals surface area contributed by atoms with Crippen LogP contribution in [0.5, 0.6) is 0 Å². The molecule has 0 bridgehead atoms. The van der Waals surface area contributed by atoms with E-state index in [4.69, 9.17) is 0 Å². The minimum absolute atomic E-state index is 0.502. The molecule has 0 fully saturated rings. The van der Waals surface area contributed by atoms with E-state index in [0.29, 0.717) is 6.04 Å². The second-order valence-corrected chi connectivity index (χ2v) is 5.09. The van der Waals surface area contributed by atoms with E-state index in [2.05, 4.69) is 57.4 Å². The Labute approximate surface area is 107 Å². The van der Waals surface area contributed by atoms with Crippen molar-refractivity contribution in [1.29, 1.82) is 0 Å². The molecule has 96 valence electrons. The van der Waals surface area contributed by atoms with Crippen molar-refractivity contribution in [3.63, 3.8) is 0 Å². The topological polar surface area (TPSA) is 12.0 Å². The van der Waals surface area contributed by atoms with Crippen LogP contribution in [0, 0.1) is 5.92 Å². The number of rotatable bonds is 7. The van der Waals surface area contributed by atoms with Crippen molar-refractivity contribution in [3.05, 3.63) is 35.4 Å². The predicted octanol–water partition coefficient (Wildman–Crippen LogP) is 4.34. The Morgan fingerprint density at radius 1 is 1.24 bits per heavy atom. The predicted molar refractivity (Wildman–Crippen MR) is 76.3 cm³/mol. The summed E-state index contributed by atoms with van der Waals surface area (Å²) in [6.07, 6.45) is 4.89. The molecule has 0 aliphatic heterocycles. The molecule has 0 aliphatic rings. The Hall–Kier alpha value is -0.820. The van der Waals surface area contributed by atoms with Crippen molar-refractivity contribution in [1.82, 2.24) is 5.32 Å². The van der Waals surface area contributed by atoms with Gasteiger partial charge < -0.3 is 5.32 Å². The molecule has 0 heterocycles. The van der Waals surface area contributed by atoms with Crippen LogP contribution in [-0.2, 0) is 6.42 Å². The summed E-state index contributed by atoms with van der Waals surface area (Å²) >= 11 is 0. The van der Waals surface area contributed by atoms with Gasteiger partial charge in [0.2, 0.25) is 0 Å². The molecule has 17 heavy (non-hydrogen) atoms. The summed E-state index contributed by atoms with van der Waals surface area (Å²) in [5.74, 6) is 0.780. The fourth-order valence-electron chi connectivity index (χ4n) is 2.24. The lowest BCUT2D eigenvalue weighted by atomic mass is 9.93. The summed E-state index contributed by atoms with van der Waals surface area (Å²) in [6.45, 7) is 6.84. The zero-order valence-electron chi connectivity index (χ0n) is 11.8. The summed E-state index contributed by atoms with van der Waals surface area (Å²) in [5, 5.41) is 3.45. The summed E-state index contributed by atoms with van der Waals surface area (Å²) in [6, 6.07) is 9.56. The van der Waals surface area contributed by atoms with Crippen LogP contribution in [0.1, 0.15) is 57.2 Å². The normalized spacial score (nSPS) is 14.6. The maximum Gasteiger partial charge on any atom is 0.0320 e. The van der Waals surface area contributed by atoms with Crippen LogP contribution in [0.15, 0.2) is 24.3 Å². The van der Waals surface area contributed by atoms with E-state index in [1.54, 1.807) is 0 Å². The van der Waals surface area contributed by atoms with Crippen LogP contribution >= 0.6 is 0 Å². The van der Waals surface area contributed by atoms with Crippen molar-refractivity contribution >= 4 is 0 Å². The minimum atomic E-state index is 0.502. The molecular formula is C16H27N. The monoisotopic (exact) mass is 233 g/mol. The van der Waals surface area contributed by atoms with Crippen LogP contribution in [-0.4, -0.2) is 7.05 Å². The molecule has 0 radical (unpaired) electrons. The molecule has 0 aliphatic carbocycles. The Kier molecular flexibility index (Phi) is 6.28. The highest BCUT2D eigenvalue weighted by molar-refractivity contribution is 5.26. The maximum atomic E-state index is 3.45. The fourth-order valence-corrected chi connectivity index (χ4v) is 2.24. The van der Waals surface area contributed by atoms with Gasteiger partial charge in [0.15, 0.2) is 0 Å². The van der Waals surface area contributed by atoms with Crippen molar-refractivity contribution < 1.29 is 0 Å². The molecule has 1 heteroatoms. The molecule has 0 spiro atoms. The largest absolute Gasteiger partial charge is 0.313 e. The molecule has 2 unspecified atom stereocenters. The lowest BCUT2D eigenvalue weighted by Crippen LogP contribution is -2.19. The van der Waals surface area contributed by atoms with Gasteiger partial charge in [0.25, 0.3) is 0 Å². The lowest BCUT2D eigenvalue weighted by Gasteiger charge is -2.20. The van der Waals surface area contributed by atoms with E-state index in [1.807, 2.05) is 0 Å². The van der Waals surface area contributed by atoms with E-state index in [0.717, 1.165) is 5.92 Å². The van der Waals surface area contributed by atoms with Crippen LogP contribution in [0.3, 0.4) is 0 Å². The smallest absolute Gasteiger partial charge is 0.0320 e. The van der Waals surface area contributed by atoms with Crippen LogP contribution in [0.25, 0.3) is 0 Å². The zero-order valence-corrected chi connectivity index (χ0v) is 11.8. The van der Waals surface area contributed by atoms with E-state index in [9.17, 15) is 0 Å². The third-order valence-electron chi connectivity index (χ3n) is 3.58. The molecule has 1 N–H and O–H groups in total. The van der Waals surface area contributed by atoms with Gasteiger partial charge >= 0.3 is 0 Å². The minimum Gasteiger partial charge on any atom is -0.313 e. The van der Waals surface area contributed by atoms with Crippen LogP contribution < -0.4 is 5.32 Å². The first-order valence-corrected chi connectivity index (χ1v) is 6.97. The van der Waals surface area contributed by atoms with Crippen molar-refractivity contribution in [2.24, 2.45) is 5.92 Å². The Morgan fingerprint density at radius 3 is 2.59 bits per heavy atom. The van der Waals surface area contributed by atoms with Crippen molar-refractivity contribution in [3.8, 4) is 0 Å². The lowest BCUT2D eigenvalue weighted by molar-refractivity contribution is 0.422. The third kappa shape index (κ3) is 4.51. The molecule has 0 amide bonds. The Bertz CT molecular complexity index is 319. The molecule has 0 saturated heterocycles. The number of hydrogen-bond acceptors (Lipinski definition) is 1. The summed E-state index contributed by atoms with van der Waals surface area (Å²) < 4.78 is 0. The van der Waals surface area contributed by atoms with E-state index in [-0.39, 0.29) is 0 Å². The summed E-state index contributed by atoms with van der Waals surface area (Å²) in [5.41, 5.74) is 2.91. The molecule has 0 saturated carbocycles. The Balaban J connectivity index is 2.76. The fraction of sp³-hybridized carbons (Fsp3) is 0.625. The Morgan fingerprint density at radius 2 is 2.00 bits per heavy atom. The summed E-state index contributed by atoms with van der Waals surface area (Å²) in [7, 11) is 2.07. The third-order valence-corrected chi connectivity index (χ3v) is 3.58. The van der Waals surface area contributed by atoms with Gasteiger partial charge in [0, 0.05) is 6.04 Å². The standard InChI is InChI=1S/C16H27N/c1-5-8-14-9-7-10-15(12-14)16(17-4)11-13(3)6-2/h7,9-10,12-13,16-17H,5-6,8,11H2,1-4H3. The number of nitrogens with one attached hydrogen (secondary N) is 1. The van der Waals surface area contributed by atoms with Gasteiger partial charge in [0.1, 0.15) is 0 Å². The second-order valence-electron chi connectivity index (χ2n) is 5.09. The van der Waals surface area contributed by atoms with Gasteiger partial charge in [-0.05, 0) is 36.9 Å². The van der Waals surface area contributed by atoms with Gasteiger partial charge in [0.05, 0.1) is 0 Å². The van der Waals surface area contributed by atoms with Crippen LogP contribution in [0.4, 0.5) is 0 Å². The SMILES string of the molecule is CCCc1cccc(C(CC(C)CC)NC)c1. The zero-order chi connectivity index (χ0) is 12.7. The van der Waals surface area contributed by atoms with Gasteiger partial charge in [-0.15, -0.1) is 0 Å². The highest BCUT2D eigenvalue weighted by Crippen LogP contribution is 2.23.